The Bertz CT molecular complexity index is 1000. The number of thiazole rings is 1. The molecule has 28 heavy (non-hydrogen) atoms. The average molecular weight is 414 g/mol. The molecule has 0 spiro atoms. The molecule has 146 valence electrons. The number of halogens is 1. The monoisotopic (exact) mass is 413 g/mol. The van der Waals surface area contributed by atoms with Gasteiger partial charge in [-0.15, -0.1) is 11.3 Å². The van der Waals surface area contributed by atoms with Crippen molar-refractivity contribution in [3.63, 3.8) is 0 Å². The lowest BCUT2D eigenvalue weighted by Crippen LogP contribution is -2.39. The van der Waals surface area contributed by atoms with Crippen molar-refractivity contribution in [1.29, 1.82) is 0 Å². The Hall–Kier alpha value is -1.92. The predicted molar refractivity (Wildman–Crippen MR) is 116 cm³/mol. The smallest absolute Gasteiger partial charge is 0.190 e. The summed E-state index contributed by atoms with van der Waals surface area (Å²) in [6, 6.07) is 16.3. The number of ether oxygens (including phenoxy) is 1. The number of para-hydroxylation sites is 1. The lowest BCUT2D eigenvalue weighted by Gasteiger charge is -2.27. The van der Waals surface area contributed by atoms with E-state index in [0.717, 1.165) is 66.2 Å². The molecule has 1 aliphatic rings. The first-order valence-electron chi connectivity index (χ1n) is 9.56. The van der Waals surface area contributed by atoms with Gasteiger partial charge in [0.15, 0.2) is 4.80 Å². The Morgan fingerprint density at radius 2 is 1.79 bits per heavy atom. The second-order valence-electron chi connectivity index (χ2n) is 6.89. The zero-order chi connectivity index (χ0) is 19.3. The van der Waals surface area contributed by atoms with E-state index in [0.29, 0.717) is 0 Å². The molecule has 0 aliphatic carbocycles. The second-order valence-corrected chi connectivity index (χ2v) is 8.13. The van der Waals surface area contributed by atoms with Crippen molar-refractivity contribution in [3.05, 3.63) is 69.3 Å². The summed E-state index contributed by atoms with van der Waals surface area (Å²) in [5.41, 5.74) is 4.36. The molecular formula is C22H24ClN3OS. The van der Waals surface area contributed by atoms with Crippen LogP contribution in [0, 0.1) is 6.92 Å². The van der Waals surface area contributed by atoms with Gasteiger partial charge in [0.25, 0.3) is 0 Å². The average Bonchev–Trinajstić information content (AvgIpc) is 3.11. The fourth-order valence-electron chi connectivity index (χ4n) is 3.38. The number of aromatic nitrogens is 1. The molecule has 0 amide bonds. The minimum atomic E-state index is 0.767. The van der Waals surface area contributed by atoms with Crippen molar-refractivity contribution in [3.8, 4) is 11.3 Å². The Kier molecular flexibility index (Phi) is 6.27. The summed E-state index contributed by atoms with van der Waals surface area (Å²) >= 11 is 8.17. The number of hydrogen-bond acceptors (Lipinski definition) is 4. The van der Waals surface area contributed by atoms with Gasteiger partial charge in [-0.2, -0.15) is 0 Å². The quantitative estimate of drug-likeness (QED) is 0.604. The van der Waals surface area contributed by atoms with E-state index in [1.165, 1.54) is 5.56 Å². The van der Waals surface area contributed by atoms with Gasteiger partial charge in [0.05, 0.1) is 24.6 Å². The minimum Gasteiger partial charge on any atom is -0.379 e. The molecule has 6 heteroatoms. The number of benzene rings is 2. The van der Waals surface area contributed by atoms with E-state index in [9.17, 15) is 0 Å². The Labute approximate surface area is 174 Å². The number of aryl methyl sites for hydroxylation is 1. The second kappa shape index (κ2) is 9.05. The van der Waals surface area contributed by atoms with Crippen LogP contribution in [0.25, 0.3) is 11.3 Å². The SMILES string of the molecule is Cc1ccccc1N=c1scc(-c2ccccc2Cl)n1CCN1CCOCC1. The molecule has 0 unspecified atom stereocenters. The van der Waals surface area contributed by atoms with Crippen molar-refractivity contribution in [2.45, 2.75) is 13.5 Å². The Morgan fingerprint density at radius 1 is 1.04 bits per heavy atom. The maximum atomic E-state index is 6.51. The summed E-state index contributed by atoms with van der Waals surface area (Å²) in [7, 11) is 0. The highest BCUT2D eigenvalue weighted by atomic mass is 35.5. The lowest BCUT2D eigenvalue weighted by molar-refractivity contribution is 0.0363. The fraction of sp³-hybridized carbons (Fsp3) is 0.318. The van der Waals surface area contributed by atoms with Crippen LogP contribution in [-0.2, 0) is 11.3 Å². The number of nitrogens with zero attached hydrogens (tertiary/aromatic N) is 3. The Morgan fingerprint density at radius 3 is 2.57 bits per heavy atom. The van der Waals surface area contributed by atoms with E-state index in [2.05, 4.69) is 40.0 Å². The summed E-state index contributed by atoms with van der Waals surface area (Å²) in [4.78, 5) is 8.42. The van der Waals surface area contributed by atoms with Crippen LogP contribution < -0.4 is 4.80 Å². The van der Waals surface area contributed by atoms with Crippen LogP contribution in [0.4, 0.5) is 5.69 Å². The molecule has 0 N–H and O–H groups in total. The van der Waals surface area contributed by atoms with Crippen LogP contribution in [-0.4, -0.2) is 42.3 Å². The van der Waals surface area contributed by atoms with Crippen molar-refractivity contribution >= 4 is 28.6 Å². The Balaban J connectivity index is 1.73. The molecule has 0 atom stereocenters. The van der Waals surface area contributed by atoms with Crippen LogP contribution in [0.3, 0.4) is 0 Å². The van der Waals surface area contributed by atoms with Gasteiger partial charge in [-0.1, -0.05) is 48.0 Å². The molecule has 1 aromatic heterocycles. The van der Waals surface area contributed by atoms with E-state index in [4.69, 9.17) is 21.3 Å². The molecule has 0 radical (unpaired) electrons. The molecule has 2 aromatic carbocycles. The first-order chi connectivity index (χ1) is 13.7. The molecule has 1 saturated heterocycles. The summed E-state index contributed by atoms with van der Waals surface area (Å²) in [5.74, 6) is 0. The highest BCUT2D eigenvalue weighted by Gasteiger charge is 2.14. The van der Waals surface area contributed by atoms with Crippen LogP contribution in [0.15, 0.2) is 58.9 Å². The van der Waals surface area contributed by atoms with Crippen LogP contribution in [0.5, 0.6) is 0 Å². The van der Waals surface area contributed by atoms with Gasteiger partial charge in [0, 0.05) is 42.1 Å². The number of morpholine rings is 1. The van der Waals surface area contributed by atoms with Crippen LogP contribution in [0.2, 0.25) is 5.02 Å². The molecular weight excluding hydrogens is 390 g/mol. The third kappa shape index (κ3) is 4.39. The maximum Gasteiger partial charge on any atom is 0.190 e. The molecule has 4 nitrogen and oxygen atoms in total. The first kappa shape index (κ1) is 19.4. The van der Waals surface area contributed by atoms with Gasteiger partial charge in [0.1, 0.15) is 0 Å². The van der Waals surface area contributed by atoms with E-state index >= 15 is 0 Å². The van der Waals surface area contributed by atoms with E-state index in [-0.39, 0.29) is 0 Å². The van der Waals surface area contributed by atoms with Crippen LogP contribution in [0.1, 0.15) is 5.56 Å². The van der Waals surface area contributed by atoms with E-state index < -0.39 is 0 Å². The summed E-state index contributed by atoms with van der Waals surface area (Å²) in [6.07, 6.45) is 0. The van der Waals surface area contributed by atoms with Gasteiger partial charge >= 0.3 is 0 Å². The standard InChI is InChI=1S/C22H24ClN3OS/c1-17-6-2-5-9-20(17)24-22-26(11-10-25-12-14-27-15-13-25)21(16-28-22)18-7-3-4-8-19(18)23/h2-9,16H,10-15H2,1H3. The van der Waals surface area contributed by atoms with Gasteiger partial charge in [0.2, 0.25) is 0 Å². The number of rotatable bonds is 5. The van der Waals surface area contributed by atoms with E-state index in [1.807, 2.05) is 30.3 Å². The van der Waals surface area contributed by atoms with Gasteiger partial charge < -0.3 is 9.30 Å². The molecule has 4 rings (SSSR count). The van der Waals surface area contributed by atoms with Crippen molar-refractivity contribution in [2.75, 3.05) is 32.8 Å². The number of hydrogen-bond donors (Lipinski definition) is 0. The fourth-order valence-corrected chi connectivity index (χ4v) is 4.55. The zero-order valence-corrected chi connectivity index (χ0v) is 17.5. The highest BCUT2D eigenvalue weighted by molar-refractivity contribution is 7.07. The molecule has 1 aliphatic heterocycles. The predicted octanol–water partition coefficient (Wildman–Crippen LogP) is 4.74. The summed E-state index contributed by atoms with van der Waals surface area (Å²) in [6.45, 7) is 7.53. The lowest BCUT2D eigenvalue weighted by atomic mass is 10.1. The van der Waals surface area contributed by atoms with Gasteiger partial charge in [-0.05, 0) is 24.6 Å². The van der Waals surface area contributed by atoms with Crippen molar-refractivity contribution in [2.24, 2.45) is 4.99 Å². The van der Waals surface area contributed by atoms with Crippen LogP contribution >= 0.6 is 22.9 Å². The third-order valence-electron chi connectivity index (χ3n) is 5.02. The topological polar surface area (TPSA) is 29.8 Å². The normalized spacial score (nSPS) is 15.9. The van der Waals surface area contributed by atoms with Gasteiger partial charge in [-0.25, -0.2) is 4.99 Å². The first-order valence-corrected chi connectivity index (χ1v) is 10.8. The maximum absolute atomic E-state index is 6.51. The van der Waals surface area contributed by atoms with Gasteiger partial charge in [-0.3, -0.25) is 4.90 Å². The largest absolute Gasteiger partial charge is 0.379 e. The third-order valence-corrected chi connectivity index (χ3v) is 6.22. The molecule has 2 heterocycles. The summed E-state index contributed by atoms with van der Waals surface area (Å²) < 4.78 is 7.78. The molecule has 1 fully saturated rings. The van der Waals surface area contributed by atoms with E-state index in [1.54, 1.807) is 11.3 Å². The molecule has 0 saturated carbocycles. The molecule has 0 bridgehead atoms. The van der Waals surface area contributed by atoms with Crippen molar-refractivity contribution < 1.29 is 4.74 Å². The minimum absolute atomic E-state index is 0.767. The molecule has 3 aromatic rings. The highest BCUT2D eigenvalue weighted by Crippen LogP contribution is 2.28. The summed E-state index contributed by atoms with van der Waals surface area (Å²) in [5, 5.41) is 2.93. The zero-order valence-electron chi connectivity index (χ0n) is 16.0. The van der Waals surface area contributed by atoms with Crippen molar-refractivity contribution in [1.82, 2.24) is 9.47 Å².